The lowest BCUT2D eigenvalue weighted by molar-refractivity contribution is -0.192. The summed E-state index contributed by atoms with van der Waals surface area (Å²) in [6.07, 6.45) is -5.61. The van der Waals surface area contributed by atoms with Crippen LogP contribution in [0.2, 0.25) is 0 Å². The van der Waals surface area contributed by atoms with Crippen molar-refractivity contribution in [3.63, 3.8) is 0 Å². The first-order chi connectivity index (χ1) is 28.7. The number of nitrogens with one attached hydrogen (secondary N) is 5. The van der Waals surface area contributed by atoms with Gasteiger partial charge in [0.15, 0.2) is 11.5 Å². The van der Waals surface area contributed by atoms with Crippen LogP contribution < -0.4 is 31.3 Å². The van der Waals surface area contributed by atoms with Crippen molar-refractivity contribution < 1.29 is 52.4 Å². The van der Waals surface area contributed by atoms with Crippen LogP contribution in [0.1, 0.15) is 53.5 Å². The van der Waals surface area contributed by atoms with E-state index in [1.165, 1.54) is 13.4 Å². The number of halogens is 3. The Morgan fingerprint density at radius 3 is 2.13 bits per heavy atom. The van der Waals surface area contributed by atoms with Crippen LogP contribution in [0.4, 0.5) is 29.5 Å². The number of fused-ring (bicyclic) bond motifs is 1. The number of aliphatic carboxylic acids is 1. The van der Waals surface area contributed by atoms with E-state index in [0.29, 0.717) is 29.3 Å². The number of carbonyl (C=O) groups excluding carboxylic acids is 3. The van der Waals surface area contributed by atoms with Crippen LogP contribution in [0, 0.1) is 0 Å². The molecule has 60 heavy (non-hydrogen) atoms. The van der Waals surface area contributed by atoms with Crippen LogP contribution in [0.15, 0.2) is 91.3 Å². The Bertz CT molecular complexity index is 2210. The Balaban J connectivity index is 0.000000896. The van der Waals surface area contributed by atoms with Gasteiger partial charge in [-0.1, -0.05) is 73.7 Å². The van der Waals surface area contributed by atoms with Crippen LogP contribution in [0.3, 0.4) is 0 Å². The van der Waals surface area contributed by atoms with Crippen LogP contribution >= 0.6 is 0 Å². The molecule has 5 aromatic rings. The SMILES string of the molecule is CCC(=O)N[C@H]1C[C@@H](n2cnc3c(NCC(c4ccccc4)c4ccccc4)nc(C(=O)NCCNC(=O)Nc4cccc(OC)c4)nc32)[C@H](O)[C@@H]1O.O=C(O)C(F)(F)F. The van der Waals surface area contributed by atoms with Gasteiger partial charge in [0.2, 0.25) is 11.7 Å². The van der Waals surface area contributed by atoms with Crippen molar-refractivity contribution in [2.45, 2.75) is 56.2 Å². The number of carboxylic acid groups (broad SMARTS) is 1. The van der Waals surface area contributed by atoms with Crippen molar-refractivity contribution in [1.82, 2.24) is 35.5 Å². The number of alkyl halides is 3. The number of carbonyl (C=O) groups is 4. The van der Waals surface area contributed by atoms with Gasteiger partial charge >= 0.3 is 18.2 Å². The number of hydrogen-bond acceptors (Lipinski definition) is 11. The van der Waals surface area contributed by atoms with Crippen LogP contribution in [-0.4, -0.2) is 110 Å². The molecule has 4 atom stereocenters. The summed E-state index contributed by atoms with van der Waals surface area (Å²) >= 11 is 0. The standard InChI is InChI=1S/C38H43N9O6.C2HF3O2/c1-3-30(48)44-28-20-29(33(50)32(28)49)47-22-42-31-34(41-21-27(23-11-6-4-7-12-23)24-13-8-5-9-14-24)45-35(46-36(31)47)37(51)39-17-18-40-38(52)43-25-15-10-16-26(19-25)53-2;3-2(4,5)1(6)7/h4-16,19,22,27-29,32-33,49-50H,3,17-18,20-21H2,1-2H3,(H,39,51)(H,44,48)(H2,40,43,52)(H,41,45,46);(H,6,7)/t28-,29+,32+,33-;/m0./s1. The van der Waals surface area contributed by atoms with Crippen molar-refractivity contribution in [3.05, 3.63) is 108 Å². The number of amides is 4. The topological polar surface area (TPSA) is 242 Å². The lowest BCUT2D eigenvalue weighted by atomic mass is 9.91. The number of urea groups is 1. The maximum Gasteiger partial charge on any atom is 0.490 e. The molecule has 1 aliphatic carbocycles. The summed E-state index contributed by atoms with van der Waals surface area (Å²) in [5.74, 6) is -2.94. The number of aromatic nitrogens is 4. The van der Waals surface area contributed by atoms with Crippen LogP contribution in [0.25, 0.3) is 11.2 Å². The molecular formula is C40H44F3N9O8. The zero-order chi connectivity index (χ0) is 43.4. The highest BCUT2D eigenvalue weighted by molar-refractivity contribution is 5.94. The van der Waals surface area contributed by atoms with Gasteiger partial charge in [0.1, 0.15) is 23.5 Å². The molecule has 6 rings (SSSR count). The normalized spacial score (nSPS) is 17.3. The first-order valence-electron chi connectivity index (χ1n) is 18.7. The molecule has 0 spiro atoms. The molecule has 8 N–H and O–H groups in total. The van der Waals surface area contributed by atoms with Crippen molar-refractivity contribution in [3.8, 4) is 5.75 Å². The largest absolute Gasteiger partial charge is 0.497 e. The van der Waals surface area contributed by atoms with Gasteiger partial charge in [-0.25, -0.2) is 24.5 Å². The molecule has 4 amide bonds. The molecule has 318 valence electrons. The van der Waals surface area contributed by atoms with Gasteiger partial charge in [-0.05, 0) is 29.7 Å². The third kappa shape index (κ3) is 11.4. The second kappa shape index (κ2) is 20.3. The van der Waals surface area contributed by atoms with Gasteiger partial charge in [-0.3, -0.25) is 9.59 Å². The molecule has 1 fully saturated rings. The number of aliphatic hydroxyl groups is 2. The molecular weight excluding hydrogens is 791 g/mol. The Morgan fingerprint density at radius 2 is 1.53 bits per heavy atom. The average Bonchev–Trinajstić information content (AvgIpc) is 3.79. The van der Waals surface area contributed by atoms with E-state index in [0.717, 1.165) is 11.1 Å². The van der Waals surface area contributed by atoms with Crippen molar-refractivity contribution in [2.24, 2.45) is 0 Å². The van der Waals surface area contributed by atoms with E-state index in [2.05, 4.69) is 41.5 Å². The highest BCUT2D eigenvalue weighted by Gasteiger charge is 2.44. The van der Waals surface area contributed by atoms with Gasteiger partial charge in [0.25, 0.3) is 5.91 Å². The van der Waals surface area contributed by atoms with E-state index in [1.807, 2.05) is 60.7 Å². The highest BCUT2D eigenvalue weighted by Crippen LogP contribution is 2.34. The number of carboxylic acids is 1. The Hall–Kier alpha value is -6.80. The summed E-state index contributed by atoms with van der Waals surface area (Å²) in [7, 11) is 1.54. The summed E-state index contributed by atoms with van der Waals surface area (Å²) in [6.45, 7) is 2.29. The Kier molecular flexibility index (Phi) is 15.0. The third-order valence-corrected chi connectivity index (χ3v) is 9.44. The third-order valence-electron chi connectivity index (χ3n) is 9.44. The smallest absolute Gasteiger partial charge is 0.490 e. The highest BCUT2D eigenvalue weighted by atomic mass is 19.4. The first kappa shape index (κ1) is 44.3. The maximum absolute atomic E-state index is 13.5. The zero-order valence-electron chi connectivity index (χ0n) is 32.4. The number of anilines is 2. The maximum atomic E-state index is 13.5. The molecule has 2 aromatic heterocycles. The lowest BCUT2D eigenvalue weighted by Gasteiger charge is -2.20. The molecule has 3 aromatic carbocycles. The summed E-state index contributed by atoms with van der Waals surface area (Å²) in [6, 6.07) is 25.1. The molecule has 17 nitrogen and oxygen atoms in total. The number of imidazole rings is 1. The quantitative estimate of drug-likeness (QED) is 0.0745. The van der Waals surface area contributed by atoms with Gasteiger partial charge in [0, 0.05) is 43.7 Å². The van der Waals surface area contributed by atoms with E-state index in [9.17, 15) is 37.8 Å². The number of nitrogens with zero attached hydrogens (tertiary/aromatic N) is 4. The second-order valence-corrected chi connectivity index (χ2v) is 13.5. The molecule has 0 unspecified atom stereocenters. The molecule has 1 saturated carbocycles. The van der Waals surface area contributed by atoms with Gasteiger partial charge in [0.05, 0.1) is 25.5 Å². The van der Waals surface area contributed by atoms with E-state index >= 15 is 0 Å². The monoisotopic (exact) mass is 835 g/mol. The Morgan fingerprint density at radius 1 is 0.900 bits per heavy atom. The number of hydrogen-bond donors (Lipinski definition) is 8. The van der Waals surface area contributed by atoms with Crippen molar-refractivity contribution >= 4 is 46.5 Å². The molecule has 0 aliphatic heterocycles. The van der Waals surface area contributed by atoms with E-state index < -0.39 is 48.4 Å². The van der Waals surface area contributed by atoms with Gasteiger partial charge in [-0.15, -0.1) is 0 Å². The number of benzene rings is 3. The molecule has 0 saturated heterocycles. The summed E-state index contributed by atoms with van der Waals surface area (Å²) < 4.78 is 38.5. The fourth-order valence-corrected chi connectivity index (χ4v) is 6.42. The predicted octanol–water partition coefficient (Wildman–Crippen LogP) is 3.83. The summed E-state index contributed by atoms with van der Waals surface area (Å²) in [5, 5.41) is 43.4. The average molecular weight is 836 g/mol. The Labute approximate surface area is 341 Å². The lowest BCUT2D eigenvalue weighted by Crippen LogP contribution is -2.42. The minimum Gasteiger partial charge on any atom is -0.497 e. The fraction of sp³-hybridized carbons (Fsp3) is 0.325. The van der Waals surface area contributed by atoms with Crippen LogP contribution in [0.5, 0.6) is 5.75 Å². The molecule has 0 bridgehead atoms. The number of rotatable bonds is 14. The summed E-state index contributed by atoms with van der Waals surface area (Å²) in [4.78, 5) is 60.8. The van der Waals surface area contributed by atoms with Gasteiger partial charge < -0.3 is 51.2 Å². The number of methoxy groups -OCH3 is 1. The first-order valence-corrected chi connectivity index (χ1v) is 18.7. The van der Waals surface area contributed by atoms with Crippen molar-refractivity contribution in [1.29, 1.82) is 0 Å². The van der Waals surface area contributed by atoms with E-state index in [4.69, 9.17) is 14.6 Å². The predicted molar refractivity (Wildman–Crippen MR) is 212 cm³/mol. The second-order valence-electron chi connectivity index (χ2n) is 13.5. The minimum atomic E-state index is -5.08. The number of ether oxygens (including phenoxy) is 1. The molecule has 1 aliphatic rings. The van der Waals surface area contributed by atoms with E-state index in [1.54, 1.807) is 35.8 Å². The zero-order valence-corrected chi connectivity index (χ0v) is 32.4. The van der Waals surface area contributed by atoms with E-state index in [-0.39, 0.29) is 49.2 Å². The van der Waals surface area contributed by atoms with Gasteiger partial charge in [-0.2, -0.15) is 13.2 Å². The summed E-state index contributed by atoms with van der Waals surface area (Å²) in [5.41, 5.74) is 3.32. The fourth-order valence-electron chi connectivity index (χ4n) is 6.42. The minimum absolute atomic E-state index is 0.0736. The molecule has 2 heterocycles. The van der Waals surface area contributed by atoms with Crippen LogP contribution in [-0.2, 0) is 9.59 Å². The molecule has 20 heteroatoms. The number of aliphatic hydroxyl groups excluding tert-OH is 2. The van der Waals surface area contributed by atoms with Crippen molar-refractivity contribution in [2.75, 3.05) is 37.4 Å². The molecule has 0 radical (unpaired) electrons.